The molecule has 3 heteroatoms. The van der Waals surface area contributed by atoms with E-state index in [1.807, 2.05) is 25.1 Å². The third-order valence-corrected chi connectivity index (χ3v) is 1.79. The molecule has 0 aliphatic heterocycles. The van der Waals surface area contributed by atoms with E-state index < -0.39 is 0 Å². The van der Waals surface area contributed by atoms with Crippen LogP contribution in [0.5, 0.6) is 0 Å². The molecular weight excluding hydrogens is 177 g/mol. The van der Waals surface area contributed by atoms with Gasteiger partial charge >= 0.3 is 0 Å². The maximum Gasteiger partial charge on any atom is 0.142 e. The third-order valence-electron chi connectivity index (χ3n) is 1.48. The van der Waals surface area contributed by atoms with Crippen molar-refractivity contribution in [2.75, 3.05) is 14.1 Å². The van der Waals surface area contributed by atoms with Crippen LogP contribution in [-0.2, 0) is 6.54 Å². The van der Waals surface area contributed by atoms with Crippen LogP contribution >= 0.6 is 11.6 Å². The zero-order chi connectivity index (χ0) is 9.14. The summed E-state index contributed by atoms with van der Waals surface area (Å²) in [4.78, 5) is 1.97. The Kier molecular flexibility index (Phi) is 3.06. The quantitative estimate of drug-likeness (QED) is 0.688. The minimum absolute atomic E-state index is 0.178. The van der Waals surface area contributed by atoms with Crippen molar-refractivity contribution in [1.82, 2.24) is 4.90 Å². The molecule has 0 heterocycles. The van der Waals surface area contributed by atoms with Gasteiger partial charge in [0.1, 0.15) is 5.82 Å². The summed E-state index contributed by atoms with van der Waals surface area (Å²) in [6.45, 7) is 0.730. The summed E-state index contributed by atoms with van der Waals surface area (Å²) in [5, 5.41) is 0.178. The molecule has 1 aromatic carbocycles. The Morgan fingerprint density at radius 1 is 1.42 bits per heavy atom. The fourth-order valence-corrected chi connectivity index (χ4v) is 1.12. The minimum Gasteiger partial charge on any atom is -0.305 e. The molecule has 0 saturated heterocycles. The second-order valence-electron chi connectivity index (χ2n) is 2.99. The smallest absolute Gasteiger partial charge is 0.142 e. The summed E-state index contributed by atoms with van der Waals surface area (Å²) in [6.07, 6.45) is 0. The van der Waals surface area contributed by atoms with Gasteiger partial charge in [0.15, 0.2) is 0 Å². The topological polar surface area (TPSA) is 3.24 Å². The Morgan fingerprint density at radius 2 is 2.08 bits per heavy atom. The van der Waals surface area contributed by atoms with Crippen molar-refractivity contribution in [3.05, 3.63) is 34.6 Å². The second-order valence-corrected chi connectivity index (χ2v) is 3.39. The third kappa shape index (κ3) is 2.47. The average Bonchev–Trinajstić information content (AvgIpc) is 1.96. The Hall–Kier alpha value is -0.600. The predicted molar refractivity (Wildman–Crippen MR) is 48.8 cm³/mol. The molecule has 0 N–H and O–H groups in total. The lowest BCUT2D eigenvalue weighted by atomic mass is 10.2. The Morgan fingerprint density at radius 3 is 2.58 bits per heavy atom. The van der Waals surface area contributed by atoms with Gasteiger partial charge in [-0.15, -0.1) is 0 Å². The number of benzene rings is 1. The standard InChI is InChI=1S/C9H11ClFN/c1-12(2)6-7-3-4-8(10)9(11)5-7/h3-5H,6H2,1-2H3. The highest BCUT2D eigenvalue weighted by molar-refractivity contribution is 6.30. The first-order chi connectivity index (χ1) is 5.59. The molecule has 0 atom stereocenters. The lowest BCUT2D eigenvalue weighted by Crippen LogP contribution is -2.10. The molecule has 0 aliphatic rings. The summed E-state index contributed by atoms with van der Waals surface area (Å²) in [5.74, 6) is -0.351. The Balaban J connectivity index is 2.82. The largest absolute Gasteiger partial charge is 0.305 e. The molecule has 0 radical (unpaired) electrons. The molecule has 0 saturated carbocycles. The average molecular weight is 188 g/mol. The fourth-order valence-electron chi connectivity index (χ4n) is 1.00. The van der Waals surface area contributed by atoms with E-state index in [1.165, 1.54) is 6.07 Å². The van der Waals surface area contributed by atoms with Gasteiger partial charge in [0, 0.05) is 6.54 Å². The van der Waals surface area contributed by atoms with E-state index >= 15 is 0 Å². The normalized spacial score (nSPS) is 10.8. The second kappa shape index (κ2) is 3.87. The molecule has 0 aromatic heterocycles. The lowest BCUT2D eigenvalue weighted by molar-refractivity contribution is 0.401. The first kappa shape index (κ1) is 9.49. The molecule has 0 aliphatic carbocycles. The summed E-state index contributed by atoms with van der Waals surface area (Å²) in [5.41, 5.74) is 0.932. The molecule has 1 aromatic rings. The molecule has 0 bridgehead atoms. The van der Waals surface area contributed by atoms with Crippen molar-refractivity contribution in [1.29, 1.82) is 0 Å². The molecule has 0 unspecified atom stereocenters. The van der Waals surface area contributed by atoms with Crippen LogP contribution in [0.15, 0.2) is 18.2 Å². The molecule has 66 valence electrons. The van der Waals surface area contributed by atoms with E-state index in [4.69, 9.17) is 11.6 Å². The zero-order valence-corrected chi connectivity index (χ0v) is 7.90. The van der Waals surface area contributed by atoms with Crippen molar-refractivity contribution in [2.45, 2.75) is 6.54 Å². The van der Waals surface area contributed by atoms with E-state index in [2.05, 4.69) is 0 Å². The van der Waals surface area contributed by atoms with Crippen LogP contribution < -0.4 is 0 Å². The van der Waals surface area contributed by atoms with Gasteiger partial charge in [0.2, 0.25) is 0 Å². The highest BCUT2D eigenvalue weighted by Crippen LogP contribution is 2.15. The highest BCUT2D eigenvalue weighted by Gasteiger charge is 2.01. The molecular formula is C9H11ClFN. The molecule has 0 fully saturated rings. The summed E-state index contributed by atoms with van der Waals surface area (Å²) >= 11 is 5.53. The molecule has 0 spiro atoms. The van der Waals surface area contributed by atoms with Crippen LogP contribution in [-0.4, -0.2) is 19.0 Å². The monoisotopic (exact) mass is 187 g/mol. The number of rotatable bonds is 2. The van der Waals surface area contributed by atoms with Gasteiger partial charge in [0.25, 0.3) is 0 Å². The first-order valence-electron chi connectivity index (χ1n) is 3.68. The van der Waals surface area contributed by atoms with Gasteiger partial charge in [-0.1, -0.05) is 17.7 Å². The Bertz CT molecular complexity index is 273. The molecule has 1 rings (SSSR count). The van der Waals surface area contributed by atoms with Gasteiger partial charge < -0.3 is 4.90 Å². The van der Waals surface area contributed by atoms with Crippen LogP contribution in [0.1, 0.15) is 5.56 Å². The van der Waals surface area contributed by atoms with Crippen LogP contribution in [0.4, 0.5) is 4.39 Å². The molecule has 1 nitrogen and oxygen atoms in total. The summed E-state index contributed by atoms with van der Waals surface area (Å²) < 4.78 is 12.9. The van der Waals surface area contributed by atoms with E-state index in [-0.39, 0.29) is 10.8 Å². The van der Waals surface area contributed by atoms with E-state index in [0.29, 0.717) is 0 Å². The van der Waals surface area contributed by atoms with Crippen molar-refractivity contribution in [3.8, 4) is 0 Å². The van der Waals surface area contributed by atoms with Crippen molar-refractivity contribution in [3.63, 3.8) is 0 Å². The van der Waals surface area contributed by atoms with Crippen LogP contribution in [0.2, 0.25) is 5.02 Å². The highest BCUT2D eigenvalue weighted by atomic mass is 35.5. The minimum atomic E-state index is -0.351. The summed E-state index contributed by atoms with van der Waals surface area (Å²) in [6, 6.07) is 4.86. The van der Waals surface area contributed by atoms with Crippen LogP contribution in [0.3, 0.4) is 0 Å². The molecule has 0 amide bonds. The maximum atomic E-state index is 12.9. The maximum absolute atomic E-state index is 12.9. The van der Waals surface area contributed by atoms with Crippen molar-refractivity contribution >= 4 is 11.6 Å². The number of hydrogen-bond acceptors (Lipinski definition) is 1. The van der Waals surface area contributed by atoms with Gasteiger partial charge in [-0.3, -0.25) is 0 Å². The van der Waals surface area contributed by atoms with Gasteiger partial charge in [0.05, 0.1) is 5.02 Å². The number of nitrogens with zero attached hydrogens (tertiary/aromatic N) is 1. The lowest BCUT2D eigenvalue weighted by Gasteiger charge is -2.09. The zero-order valence-electron chi connectivity index (χ0n) is 7.14. The summed E-state index contributed by atoms with van der Waals surface area (Å²) in [7, 11) is 3.87. The van der Waals surface area contributed by atoms with E-state index in [0.717, 1.165) is 12.1 Å². The van der Waals surface area contributed by atoms with Gasteiger partial charge in [-0.2, -0.15) is 0 Å². The van der Waals surface area contributed by atoms with E-state index in [9.17, 15) is 4.39 Å². The van der Waals surface area contributed by atoms with E-state index in [1.54, 1.807) is 6.07 Å². The van der Waals surface area contributed by atoms with Crippen molar-refractivity contribution < 1.29 is 4.39 Å². The van der Waals surface area contributed by atoms with Gasteiger partial charge in [-0.25, -0.2) is 4.39 Å². The number of halogens is 2. The van der Waals surface area contributed by atoms with Crippen LogP contribution in [0, 0.1) is 5.82 Å². The molecule has 12 heavy (non-hydrogen) atoms. The van der Waals surface area contributed by atoms with Crippen LogP contribution in [0.25, 0.3) is 0 Å². The fraction of sp³-hybridized carbons (Fsp3) is 0.333. The predicted octanol–water partition coefficient (Wildman–Crippen LogP) is 2.54. The van der Waals surface area contributed by atoms with Crippen molar-refractivity contribution in [2.24, 2.45) is 0 Å². The Labute approximate surface area is 76.8 Å². The number of hydrogen-bond donors (Lipinski definition) is 0. The SMILES string of the molecule is CN(C)Cc1ccc(Cl)c(F)c1. The first-order valence-corrected chi connectivity index (χ1v) is 4.06. The van der Waals surface area contributed by atoms with Gasteiger partial charge in [-0.05, 0) is 31.8 Å².